The van der Waals surface area contributed by atoms with Crippen LogP contribution in [0.4, 0.5) is 0 Å². The van der Waals surface area contributed by atoms with Crippen molar-refractivity contribution in [1.29, 1.82) is 0 Å². The Morgan fingerprint density at radius 1 is 1.30 bits per heavy atom. The molecule has 4 heteroatoms. The zero-order valence-electron chi connectivity index (χ0n) is 12.8. The van der Waals surface area contributed by atoms with Gasteiger partial charge in [0.15, 0.2) is 0 Å². The fraction of sp³-hybridized carbons (Fsp3) is 0.562. The SMILES string of the molecule is CCOC(=O)[C@]1(C)CCc2c(C)c(O)c(C)c(C)c2O1. The van der Waals surface area contributed by atoms with Gasteiger partial charge in [-0.2, -0.15) is 0 Å². The van der Waals surface area contributed by atoms with Crippen molar-refractivity contribution in [3.8, 4) is 11.5 Å². The number of benzene rings is 1. The molecule has 1 aliphatic heterocycles. The molecule has 1 atom stereocenters. The highest BCUT2D eigenvalue weighted by molar-refractivity contribution is 5.80. The highest BCUT2D eigenvalue weighted by atomic mass is 16.6. The first-order chi connectivity index (χ1) is 9.31. The summed E-state index contributed by atoms with van der Waals surface area (Å²) in [5.74, 6) is 0.720. The fourth-order valence-electron chi connectivity index (χ4n) is 2.68. The summed E-state index contributed by atoms with van der Waals surface area (Å²) in [4.78, 5) is 12.1. The lowest BCUT2D eigenvalue weighted by molar-refractivity contribution is -0.161. The number of hydrogen-bond donors (Lipinski definition) is 1. The highest BCUT2D eigenvalue weighted by Crippen LogP contribution is 2.43. The van der Waals surface area contributed by atoms with Gasteiger partial charge in [-0.1, -0.05) is 0 Å². The van der Waals surface area contributed by atoms with Crippen LogP contribution in [-0.4, -0.2) is 23.3 Å². The Hall–Kier alpha value is -1.71. The summed E-state index contributed by atoms with van der Waals surface area (Å²) in [6, 6.07) is 0. The molecule has 0 radical (unpaired) electrons. The Balaban J connectivity index is 2.47. The van der Waals surface area contributed by atoms with Gasteiger partial charge in [0.25, 0.3) is 0 Å². The van der Waals surface area contributed by atoms with Crippen molar-refractivity contribution < 1.29 is 19.4 Å². The van der Waals surface area contributed by atoms with Crippen molar-refractivity contribution in [2.24, 2.45) is 0 Å². The lowest BCUT2D eigenvalue weighted by atomic mass is 9.87. The predicted molar refractivity (Wildman–Crippen MR) is 76.3 cm³/mol. The van der Waals surface area contributed by atoms with Gasteiger partial charge in [0.2, 0.25) is 5.60 Å². The number of aromatic hydroxyl groups is 1. The van der Waals surface area contributed by atoms with E-state index in [4.69, 9.17) is 9.47 Å². The summed E-state index contributed by atoms with van der Waals surface area (Å²) < 4.78 is 11.1. The van der Waals surface area contributed by atoms with Gasteiger partial charge in [0, 0.05) is 12.0 Å². The van der Waals surface area contributed by atoms with Crippen molar-refractivity contribution in [1.82, 2.24) is 0 Å². The molecule has 2 rings (SSSR count). The van der Waals surface area contributed by atoms with E-state index in [1.807, 2.05) is 20.8 Å². The lowest BCUT2D eigenvalue weighted by Gasteiger charge is -2.35. The van der Waals surface area contributed by atoms with Crippen molar-refractivity contribution in [2.45, 2.75) is 53.1 Å². The molecule has 1 N–H and O–H groups in total. The first-order valence-corrected chi connectivity index (χ1v) is 6.99. The first-order valence-electron chi connectivity index (χ1n) is 6.99. The molecule has 0 spiro atoms. The Labute approximate surface area is 119 Å². The Morgan fingerprint density at radius 2 is 1.95 bits per heavy atom. The molecule has 0 aliphatic carbocycles. The monoisotopic (exact) mass is 278 g/mol. The van der Waals surface area contributed by atoms with Gasteiger partial charge < -0.3 is 14.6 Å². The van der Waals surface area contributed by atoms with E-state index in [0.29, 0.717) is 25.2 Å². The molecule has 0 saturated heterocycles. The number of carbonyl (C=O) groups is 1. The van der Waals surface area contributed by atoms with Gasteiger partial charge in [-0.3, -0.25) is 0 Å². The molecule has 1 aromatic rings. The quantitative estimate of drug-likeness (QED) is 0.845. The zero-order chi connectivity index (χ0) is 15.1. The van der Waals surface area contributed by atoms with Crippen LogP contribution in [0.1, 0.15) is 42.5 Å². The van der Waals surface area contributed by atoms with Crippen LogP contribution in [0.15, 0.2) is 0 Å². The van der Waals surface area contributed by atoms with E-state index in [9.17, 15) is 9.90 Å². The maximum absolute atomic E-state index is 12.1. The van der Waals surface area contributed by atoms with Crippen molar-refractivity contribution in [3.05, 3.63) is 22.3 Å². The molecule has 0 fully saturated rings. The zero-order valence-corrected chi connectivity index (χ0v) is 12.8. The number of fused-ring (bicyclic) bond motifs is 1. The van der Waals surface area contributed by atoms with Crippen LogP contribution in [0.25, 0.3) is 0 Å². The molecule has 0 unspecified atom stereocenters. The van der Waals surface area contributed by atoms with Gasteiger partial charge in [0.1, 0.15) is 11.5 Å². The average Bonchev–Trinajstić information content (AvgIpc) is 2.43. The van der Waals surface area contributed by atoms with Crippen LogP contribution in [0.2, 0.25) is 0 Å². The predicted octanol–water partition coefficient (Wildman–Crippen LogP) is 2.96. The smallest absolute Gasteiger partial charge is 0.350 e. The molecule has 0 amide bonds. The van der Waals surface area contributed by atoms with E-state index in [-0.39, 0.29) is 5.97 Å². The second-order valence-electron chi connectivity index (χ2n) is 5.58. The summed E-state index contributed by atoms with van der Waals surface area (Å²) in [7, 11) is 0. The third-order valence-corrected chi connectivity index (χ3v) is 4.23. The van der Waals surface area contributed by atoms with Gasteiger partial charge in [-0.25, -0.2) is 4.79 Å². The van der Waals surface area contributed by atoms with Crippen molar-refractivity contribution >= 4 is 5.97 Å². The fourth-order valence-corrected chi connectivity index (χ4v) is 2.68. The van der Waals surface area contributed by atoms with Crippen LogP contribution in [0, 0.1) is 20.8 Å². The molecule has 1 aliphatic rings. The molecule has 1 aromatic carbocycles. The average molecular weight is 278 g/mol. The number of ether oxygens (including phenoxy) is 2. The van der Waals surface area contributed by atoms with Gasteiger partial charge in [-0.05, 0) is 57.7 Å². The molecule has 110 valence electrons. The number of phenolic OH excluding ortho intramolecular Hbond substituents is 1. The Bertz CT molecular complexity index is 562. The molecule has 20 heavy (non-hydrogen) atoms. The second kappa shape index (κ2) is 5.00. The minimum absolute atomic E-state index is 0.324. The van der Waals surface area contributed by atoms with E-state index in [2.05, 4.69) is 0 Å². The van der Waals surface area contributed by atoms with E-state index in [0.717, 1.165) is 28.0 Å². The largest absolute Gasteiger partial charge is 0.507 e. The molecular formula is C16H22O4. The summed E-state index contributed by atoms with van der Waals surface area (Å²) in [6.45, 7) is 9.55. The summed E-state index contributed by atoms with van der Waals surface area (Å²) in [5.41, 5.74) is 2.58. The summed E-state index contributed by atoms with van der Waals surface area (Å²) in [6.07, 6.45) is 1.26. The first kappa shape index (κ1) is 14.7. The van der Waals surface area contributed by atoms with Gasteiger partial charge in [0.05, 0.1) is 6.61 Å². The number of hydrogen-bond acceptors (Lipinski definition) is 4. The molecular weight excluding hydrogens is 256 g/mol. The van der Waals surface area contributed by atoms with E-state index in [1.165, 1.54) is 0 Å². The van der Waals surface area contributed by atoms with Crippen LogP contribution < -0.4 is 4.74 Å². The van der Waals surface area contributed by atoms with Crippen LogP contribution >= 0.6 is 0 Å². The maximum atomic E-state index is 12.1. The standard InChI is InChI=1S/C16H22O4/c1-6-19-15(18)16(5)8-7-12-11(4)13(17)9(2)10(3)14(12)20-16/h17H,6-8H2,1-5H3/t16-/m0/s1. The van der Waals surface area contributed by atoms with E-state index in [1.54, 1.807) is 13.8 Å². The van der Waals surface area contributed by atoms with E-state index >= 15 is 0 Å². The minimum Gasteiger partial charge on any atom is -0.507 e. The van der Waals surface area contributed by atoms with Gasteiger partial charge >= 0.3 is 5.97 Å². The molecule has 0 bridgehead atoms. The topological polar surface area (TPSA) is 55.8 Å². The number of esters is 1. The maximum Gasteiger partial charge on any atom is 0.350 e. The van der Waals surface area contributed by atoms with Crippen molar-refractivity contribution in [2.75, 3.05) is 6.61 Å². The summed E-state index contributed by atoms with van der Waals surface area (Å²) in [5, 5.41) is 10.1. The Morgan fingerprint density at radius 3 is 2.55 bits per heavy atom. The minimum atomic E-state index is -0.941. The van der Waals surface area contributed by atoms with Crippen LogP contribution in [0.5, 0.6) is 11.5 Å². The number of phenols is 1. The normalized spacial score (nSPS) is 21.1. The summed E-state index contributed by atoms with van der Waals surface area (Å²) >= 11 is 0. The third-order valence-electron chi connectivity index (χ3n) is 4.23. The third kappa shape index (κ3) is 2.13. The molecule has 4 nitrogen and oxygen atoms in total. The molecule has 1 heterocycles. The number of rotatable bonds is 2. The highest BCUT2D eigenvalue weighted by Gasteiger charge is 2.42. The number of carbonyl (C=O) groups excluding carboxylic acids is 1. The van der Waals surface area contributed by atoms with Crippen molar-refractivity contribution in [3.63, 3.8) is 0 Å². The van der Waals surface area contributed by atoms with Crippen LogP contribution in [-0.2, 0) is 16.0 Å². The Kier molecular flexibility index (Phi) is 3.67. The van der Waals surface area contributed by atoms with E-state index < -0.39 is 5.60 Å². The molecule has 0 saturated carbocycles. The van der Waals surface area contributed by atoms with Gasteiger partial charge in [-0.15, -0.1) is 0 Å². The lowest BCUT2D eigenvalue weighted by Crippen LogP contribution is -2.46. The van der Waals surface area contributed by atoms with Crippen LogP contribution in [0.3, 0.4) is 0 Å². The molecule has 0 aromatic heterocycles. The second-order valence-corrected chi connectivity index (χ2v) is 5.58.